The SMILES string of the molecule is CCC.CCc1ccc(NC)cc1NC. The highest BCUT2D eigenvalue weighted by Gasteiger charge is 1.98. The summed E-state index contributed by atoms with van der Waals surface area (Å²) in [5, 5.41) is 6.29. The lowest BCUT2D eigenvalue weighted by molar-refractivity contribution is 1.09. The van der Waals surface area contributed by atoms with Crippen LogP contribution in [0.5, 0.6) is 0 Å². The average Bonchev–Trinajstić information content (AvgIpc) is 2.29. The molecule has 86 valence electrons. The lowest BCUT2D eigenvalue weighted by Gasteiger charge is -2.09. The van der Waals surface area contributed by atoms with Gasteiger partial charge in [0.15, 0.2) is 0 Å². The smallest absolute Gasteiger partial charge is 0.0390 e. The molecule has 0 spiro atoms. The van der Waals surface area contributed by atoms with Crippen molar-refractivity contribution in [3.63, 3.8) is 0 Å². The maximum absolute atomic E-state index is 3.18. The Morgan fingerprint density at radius 3 is 2.00 bits per heavy atom. The molecule has 0 amide bonds. The molecule has 0 heterocycles. The van der Waals surface area contributed by atoms with E-state index < -0.39 is 0 Å². The van der Waals surface area contributed by atoms with Crippen molar-refractivity contribution in [1.29, 1.82) is 0 Å². The fourth-order valence-electron chi connectivity index (χ4n) is 1.27. The van der Waals surface area contributed by atoms with Gasteiger partial charge in [0, 0.05) is 25.5 Å². The van der Waals surface area contributed by atoms with E-state index in [4.69, 9.17) is 0 Å². The molecule has 0 aromatic heterocycles. The molecular weight excluding hydrogens is 184 g/mol. The molecule has 0 radical (unpaired) electrons. The van der Waals surface area contributed by atoms with Gasteiger partial charge in [-0.15, -0.1) is 0 Å². The summed E-state index contributed by atoms with van der Waals surface area (Å²) in [4.78, 5) is 0. The number of rotatable bonds is 3. The van der Waals surface area contributed by atoms with Crippen LogP contribution in [0.3, 0.4) is 0 Å². The first-order valence-corrected chi connectivity index (χ1v) is 5.71. The van der Waals surface area contributed by atoms with Crippen molar-refractivity contribution >= 4 is 11.4 Å². The van der Waals surface area contributed by atoms with Gasteiger partial charge in [0.2, 0.25) is 0 Å². The van der Waals surface area contributed by atoms with Gasteiger partial charge in [0.1, 0.15) is 0 Å². The molecule has 0 fully saturated rings. The number of hydrogen-bond donors (Lipinski definition) is 2. The second-order valence-corrected chi connectivity index (χ2v) is 3.43. The number of aryl methyl sites for hydroxylation is 1. The number of hydrogen-bond acceptors (Lipinski definition) is 2. The Kier molecular flexibility index (Phi) is 7.51. The lowest BCUT2D eigenvalue weighted by Crippen LogP contribution is -1.96. The van der Waals surface area contributed by atoms with E-state index >= 15 is 0 Å². The van der Waals surface area contributed by atoms with Crippen LogP contribution >= 0.6 is 0 Å². The Morgan fingerprint density at radius 1 is 1.00 bits per heavy atom. The second-order valence-electron chi connectivity index (χ2n) is 3.43. The number of benzene rings is 1. The van der Waals surface area contributed by atoms with Crippen molar-refractivity contribution in [3.8, 4) is 0 Å². The Bertz CT molecular complexity index is 269. The molecule has 0 saturated carbocycles. The van der Waals surface area contributed by atoms with Gasteiger partial charge in [-0.3, -0.25) is 0 Å². The minimum atomic E-state index is 1.07. The van der Waals surface area contributed by atoms with Gasteiger partial charge in [0.25, 0.3) is 0 Å². The second kappa shape index (κ2) is 8.16. The van der Waals surface area contributed by atoms with E-state index in [1.807, 2.05) is 14.1 Å². The highest BCUT2D eigenvalue weighted by Crippen LogP contribution is 2.20. The first-order chi connectivity index (χ1) is 7.23. The highest BCUT2D eigenvalue weighted by molar-refractivity contribution is 5.60. The van der Waals surface area contributed by atoms with Crippen LogP contribution in [0.1, 0.15) is 32.8 Å². The topological polar surface area (TPSA) is 24.1 Å². The van der Waals surface area contributed by atoms with Crippen LogP contribution in [0.25, 0.3) is 0 Å². The minimum Gasteiger partial charge on any atom is -0.388 e. The van der Waals surface area contributed by atoms with E-state index in [2.05, 4.69) is 49.6 Å². The molecule has 0 aliphatic rings. The predicted octanol–water partition coefficient (Wildman–Crippen LogP) is 3.75. The largest absolute Gasteiger partial charge is 0.388 e. The zero-order valence-corrected chi connectivity index (χ0v) is 10.6. The molecule has 0 aliphatic heterocycles. The van der Waals surface area contributed by atoms with E-state index in [9.17, 15) is 0 Å². The van der Waals surface area contributed by atoms with Crippen LogP contribution in [0.2, 0.25) is 0 Å². The van der Waals surface area contributed by atoms with Crippen molar-refractivity contribution < 1.29 is 0 Å². The van der Waals surface area contributed by atoms with Crippen LogP contribution < -0.4 is 10.6 Å². The van der Waals surface area contributed by atoms with E-state index in [0.29, 0.717) is 0 Å². The molecule has 0 atom stereocenters. The molecule has 1 aromatic rings. The standard InChI is InChI=1S/C10H16N2.C3H8/c1-4-8-5-6-9(11-2)7-10(8)12-3;1-3-2/h5-7,11-12H,4H2,1-3H3;3H2,1-2H3. The molecule has 1 aromatic carbocycles. The lowest BCUT2D eigenvalue weighted by atomic mass is 10.1. The van der Waals surface area contributed by atoms with Gasteiger partial charge in [-0.2, -0.15) is 0 Å². The molecule has 2 heteroatoms. The maximum atomic E-state index is 3.18. The molecule has 2 N–H and O–H groups in total. The van der Waals surface area contributed by atoms with Crippen LogP contribution in [0, 0.1) is 0 Å². The number of anilines is 2. The van der Waals surface area contributed by atoms with Crippen LogP contribution in [-0.4, -0.2) is 14.1 Å². The molecule has 0 unspecified atom stereocenters. The van der Waals surface area contributed by atoms with Gasteiger partial charge in [-0.25, -0.2) is 0 Å². The summed E-state index contributed by atoms with van der Waals surface area (Å²) in [6, 6.07) is 6.37. The molecule has 15 heavy (non-hydrogen) atoms. The van der Waals surface area contributed by atoms with Crippen LogP contribution in [0.4, 0.5) is 11.4 Å². The first kappa shape index (κ1) is 13.8. The quantitative estimate of drug-likeness (QED) is 0.790. The molecule has 0 bridgehead atoms. The minimum absolute atomic E-state index is 1.07. The van der Waals surface area contributed by atoms with Gasteiger partial charge >= 0.3 is 0 Å². The fourth-order valence-corrected chi connectivity index (χ4v) is 1.27. The summed E-state index contributed by atoms with van der Waals surface area (Å²) in [5.74, 6) is 0. The van der Waals surface area contributed by atoms with E-state index in [0.717, 1.165) is 12.1 Å². The Hall–Kier alpha value is -1.18. The van der Waals surface area contributed by atoms with E-state index in [-0.39, 0.29) is 0 Å². The monoisotopic (exact) mass is 208 g/mol. The summed E-state index contributed by atoms with van der Waals surface area (Å²) in [7, 11) is 3.88. The number of nitrogens with one attached hydrogen (secondary N) is 2. The third-order valence-electron chi connectivity index (χ3n) is 2.05. The van der Waals surface area contributed by atoms with E-state index in [1.165, 1.54) is 17.7 Å². The van der Waals surface area contributed by atoms with Crippen molar-refractivity contribution in [2.75, 3.05) is 24.7 Å². The van der Waals surface area contributed by atoms with E-state index in [1.54, 1.807) is 0 Å². The van der Waals surface area contributed by atoms with Crippen molar-refractivity contribution in [2.24, 2.45) is 0 Å². The molecule has 1 rings (SSSR count). The Morgan fingerprint density at radius 2 is 1.60 bits per heavy atom. The zero-order valence-electron chi connectivity index (χ0n) is 10.6. The van der Waals surface area contributed by atoms with Crippen molar-refractivity contribution in [3.05, 3.63) is 23.8 Å². The normalized spacial score (nSPS) is 8.87. The highest BCUT2D eigenvalue weighted by atomic mass is 14.9. The van der Waals surface area contributed by atoms with Gasteiger partial charge < -0.3 is 10.6 Å². The third kappa shape index (κ3) is 4.73. The summed E-state index contributed by atoms with van der Waals surface area (Å²) < 4.78 is 0. The third-order valence-corrected chi connectivity index (χ3v) is 2.05. The van der Waals surface area contributed by atoms with Gasteiger partial charge in [-0.1, -0.05) is 33.3 Å². The molecule has 0 aliphatic carbocycles. The fraction of sp³-hybridized carbons (Fsp3) is 0.538. The van der Waals surface area contributed by atoms with Crippen molar-refractivity contribution in [2.45, 2.75) is 33.6 Å². The van der Waals surface area contributed by atoms with Crippen molar-refractivity contribution in [1.82, 2.24) is 0 Å². The Labute approximate surface area is 94.1 Å². The maximum Gasteiger partial charge on any atom is 0.0390 e. The zero-order chi connectivity index (χ0) is 11.7. The van der Waals surface area contributed by atoms with Crippen LogP contribution in [-0.2, 0) is 6.42 Å². The predicted molar refractivity (Wildman–Crippen MR) is 70.9 cm³/mol. The van der Waals surface area contributed by atoms with Crippen LogP contribution in [0.15, 0.2) is 18.2 Å². The average molecular weight is 208 g/mol. The Balaban J connectivity index is 0.000000583. The summed E-state index contributed by atoms with van der Waals surface area (Å²) in [5.41, 5.74) is 3.72. The molecule has 0 saturated heterocycles. The summed E-state index contributed by atoms with van der Waals surface area (Å²) >= 11 is 0. The first-order valence-electron chi connectivity index (χ1n) is 5.71. The summed E-state index contributed by atoms with van der Waals surface area (Å²) in [6.07, 6.45) is 2.32. The van der Waals surface area contributed by atoms with Gasteiger partial charge in [-0.05, 0) is 24.1 Å². The van der Waals surface area contributed by atoms with Gasteiger partial charge in [0.05, 0.1) is 0 Å². The molecular formula is C13H24N2. The molecule has 2 nitrogen and oxygen atoms in total. The summed E-state index contributed by atoms with van der Waals surface area (Å²) in [6.45, 7) is 6.41.